The highest BCUT2D eigenvalue weighted by molar-refractivity contribution is 8.22. The second-order valence-electron chi connectivity index (χ2n) is 4.80. The van der Waals surface area contributed by atoms with E-state index in [-0.39, 0.29) is 0 Å². The Balaban J connectivity index is 3.22. The molecule has 0 amide bonds. The summed E-state index contributed by atoms with van der Waals surface area (Å²) in [5.74, 6) is 4.50. The normalized spacial score (nSPS) is 15.9. The molecule has 0 radical (unpaired) electrons. The Bertz CT molecular complexity index is 372. The average Bonchev–Trinajstić information content (AvgIpc) is 2.69. The lowest BCUT2D eigenvalue weighted by Gasteiger charge is -2.14. The summed E-state index contributed by atoms with van der Waals surface area (Å²) in [5, 5.41) is 0. The van der Waals surface area contributed by atoms with Crippen LogP contribution in [-0.2, 0) is 4.79 Å². The SMILES string of the molecule is CCSC(SCC)=C1CCCCC(=C(SCC)SCC)C1=O. The number of ketones is 1. The predicted molar refractivity (Wildman–Crippen MR) is 110 cm³/mol. The highest BCUT2D eigenvalue weighted by Crippen LogP contribution is 2.41. The van der Waals surface area contributed by atoms with Gasteiger partial charge in [-0.15, -0.1) is 47.0 Å². The minimum atomic E-state index is 0.339. The molecule has 0 aliphatic heterocycles. The van der Waals surface area contributed by atoms with Crippen LogP contribution in [0.15, 0.2) is 19.6 Å². The van der Waals surface area contributed by atoms with Crippen LogP contribution in [0.4, 0.5) is 0 Å². The lowest BCUT2D eigenvalue weighted by atomic mass is 10.1. The number of Topliss-reactive ketones (excluding diaryl/α,β-unsaturated/α-hetero) is 1. The molecule has 0 heterocycles. The van der Waals surface area contributed by atoms with Crippen molar-refractivity contribution in [2.75, 3.05) is 23.0 Å². The molecule has 1 rings (SSSR count). The Kier molecular flexibility index (Phi) is 11.2. The van der Waals surface area contributed by atoms with Gasteiger partial charge in [0.15, 0.2) is 5.78 Å². The van der Waals surface area contributed by atoms with Crippen molar-refractivity contribution in [2.45, 2.75) is 53.4 Å². The summed E-state index contributed by atoms with van der Waals surface area (Å²) in [4.78, 5) is 13.2. The van der Waals surface area contributed by atoms with E-state index in [0.717, 1.165) is 59.8 Å². The van der Waals surface area contributed by atoms with Crippen LogP contribution in [0, 0.1) is 0 Å². The third kappa shape index (κ3) is 6.21. The van der Waals surface area contributed by atoms with E-state index in [4.69, 9.17) is 0 Å². The highest BCUT2D eigenvalue weighted by atomic mass is 32.2. The second-order valence-corrected chi connectivity index (χ2v) is 10.4. The van der Waals surface area contributed by atoms with Gasteiger partial charge in [0.25, 0.3) is 0 Å². The lowest BCUT2D eigenvalue weighted by Crippen LogP contribution is -2.07. The van der Waals surface area contributed by atoms with Crippen molar-refractivity contribution in [1.29, 1.82) is 0 Å². The molecule has 0 unspecified atom stereocenters. The summed E-state index contributed by atoms with van der Waals surface area (Å²) >= 11 is 7.39. The van der Waals surface area contributed by atoms with Crippen molar-refractivity contribution >= 4 is 52.8 Å². The number of carbonyl (C=O) groups is 1. The van der Waals surface area contributed by atoms with Gasteiger partial charge in [0.2, 0.25) is 0 Å². The van der Waals surface area contributed by atoms with Crippen LogP contribution in [0.1, 0.15) is 53.4 Å². The van der Waals surface area contributed by atoms with Gasteiger partial charge >= 0.3 is 0 Å². The van der Waals surface area contributed by atoms with Gasteiger partial charge in [-0.25, -0.2) is 0 Å². The number of hydrogen-bond donors (Lipinski definition) is 0. The first-order valence-corrected chi connectivity index (χ1v) is 12.2. The molecule has 126 valence electrons. The first-order chi connectivity index (χ1) is 10.7. The maximum absolute atomic E-state index is 13.2. The number of carbonyl (C=O) groups excluding carboxylic acids is 1. The van der Waals surface area contributed by atoms with E-state index < -0.39 is 0 Å². The minimum Gasteiger partial charge on any atom is -0.289 e. The zero-order chi connectivity index (χ0) is 16.4. The molecule has 0 bridgehead atoms. The summed E-state index contributed by atoms with van der Waals surface area (Å²) in [6, 6.07) is 0. The average molecular weight is 377 g/mol. The molecule has 0 saturated heterocycles. The Hall–Kier alpha value is 0.550. The third-order valence-corrected chi connectivity index (χ3v) is 7.85. The summed E-state index contributed by atoms with van der Waals surface area (Å²) in [6.07, 6.45) is 4.20. The Morgan fingerprint density at radius 3 is 1.32 bits per heavy atom. The lowest BCUT2D eigenvalue weighted by molar-refractivity contribution is -0.112. The first-order valence-electron chi connectivity index (χ1n) is 8.21. The van der Waals surface area contributed by atoms with Gasteiger partial charge in [-0.1, -0.05) is 27.7 Å². The van der Waals surface area contributed by atoms with Gasteiger partial charge in [0.05, 0.1) is 0 Å². The first kappa shape index (κ1) is 20.6. The van der Waals surface area contributed by atoms with Crippen LogP contribution >= 0.6 is 47.0 Å². The smallest absolute Gasteiger partial charge is 0.188 e. The number of rotatable bonds is 8. The Morgan fingerprint density at radius 2 is 1.05 bits per heavy atom. The monoisotopic (exact) mass is 376 g/mol. The van der Waals surface area contributed by atoms with Gasteiger partial charge in [0.1, 0.15) is 0 Å². The quantitative estimate of drug-likeness (QED) is 0.351. The molecule has 1 nitrogen and oxygen atoms in total. The van der Waals surface area contributed by atoms with Crippen molar-refractivity contribution in [3.05, 3.63) is 19.6 Å². The maximum Gasteiger partial charge on any atom is 0.188 e. The van der Waals surface area contributed by atoms with Crippen LogP contribution < -0.4 is 0 Å². The molecule has 0 aromatic rings. The molecule has 1 aliphatic rings. The van der Waals surface area contributed by atoms with Crippen molar-refractivity contribution in [2.24, 2.45) is 0 Å². The van der Waals surface area contributed by atoms with E-state index in [1.807, 2.05) is 47.0 Å². The molecule has 22 heavy (non-hydrogen) atoms. The van der Waals surface area contributed by atoms with Crippen LogP contribution in [-0.4, -0.2) is 28.8 Å². The third-order valence-electron chi connectivity index (χ3n) is 3.25. The molecule has 1 fully saturated rings. The molecule has 0 atom stereocenters. The summed E-state index contributed by atoms with van der Waals surface area (Å²) in [7, 11) is 0. The zero-order valence-electron chi connectivity index (χ0n) is 14.2. The number of hydrogen-bond acceptors (Lipinski definition) is 5. The Morgan fingerprint density at radius 1 is 0.727 bits per heavy atom. The molecule has 0 aromatic carbocycles. The van der Waals surface area contributed by atoms with E-state index in [1.54, 1.807) is 0 Å². The largest absolute Gasteiger partial charge is 0.289 e. The zero-order valence-corrected chi connectivity index (χ0v) is 17.5. The van der Waals surface area contributed by atoms with Crippen LogP contribution in [0.3, 0.4) is 0 Å². The number of thioether (sulfide) groups is 4. The highest BCUT2D eigenvalue weighted by Gasteiger charge is 2.25. The van der Waals surface area contributed by atoms with E-state index in [0.29, 0.717) is 5.78 Å². The standard InChI is InChI=1S/C17H28OS4/c1-5-19-16(20-6-2)13-11-9-10-12-14(15(13)18)17(21-7-3)22-8-4/h5-12H2,1-4H3. The molecule has 1 aliphatic carbocycles. The topological polar surface area (TPSA) is 17.1 Å². The van der Waals surface area contributed by atoms with Crippen molar-refractivity contribution in [1.82, 2.24) is 0 Å². The molecule has 1 saturated carbocycles. The molecule has 5 heteroatoms. The van der Waals surface area contributed by atoms with Crippen LogP contribution in [0.5, 0.6) is 0 Å². The minimum absolute atomic E-state index is 0.339. The van der Waals surface area contributed by atoms with Crippen LogP contribution in [0.2, 0.25) is 0 Å². The van der Waals surface area contributed by atoms with Gasteiger partial charge in [-0.3, -0.25) is 4.79 Å². The van der Waals surface area contributed by atoms with Crippen LogP contribution in [0.25, 0.3) is 0 Å². The summed E-state index contributed by atoms with van der Waals surface area (Å²) in [6.45, 7) is 8.69. The predicted octanol–water partition coefficient (Wildman–Crippen LogP) is 6.57. The summed E-state index contributed by atoms with van der Waals surface area (Å²) in [5.41, 5.74) is 2.19. The fourth-order valence-electron chi connectivity index (χ4n) is 2.36. The van der Waals surface area contributed by atoms with E-state index in [1.165, 1.54) is 8.47 Å². The molecule has 0 spiro atoms. The Labute approximate surface area is 153 Å². The maximum atomic E-state index is 13.2. The number of allylic oxidation sites excluding steroid dienone is 2. The van der Waals surface area contributed by atoms with Crippen molar-refractivity contribution in [3.63, 3.8) is 0 Å². The van der Waals surface area contributed by atoms with E-state index >= 15 is 0 Å². The molecule has 0 aromatic heterocycles. The fraction of sp³-hybridized carbons (Fsp3) is 0.706. The molecular formula is C17H28OS4. The van der Waals surface area contributed by atoms with Gasteiger partial charge in [-0.05, 0) is 48.7 Å². The fourth-order valence-corrected chi connectivity index (χ4v) is 6.96. The van der Waals surface area contributed by atoms with Gasteiger partial charge < -0.3 is 0 Å². The van der Waals surface area contributed by atoms with E-state index in [2.05, 4.69) is 27.7 Å². The second kappa shape index (κ2) is 12.0. The van der Waals surface area contributed by atoms with Crippen molar-refractivity contribution in [3.8, 4) is 0 Å². The summed E-state index contributed by atoms with van der Waals surface area (Å²) < 4.78 is 2.55. The van der Waals surface area contributed by atoms with Crippen molar-refractivity contribution < 1.29 is 4.79 Å². The van der Waals surface area contributed by atoms with Gasteiger partial charge in [0, 0.05) is 19.6 Å². The van der Waals surface area contributed by atoms with Gasteiger partial charge in [-0.2, -0.15) is 0 Å². The molecule has 0 N–H and O–H groups in total. The molecular weight excluding hydrogens is 348 g/mol. The van der Waals surface area contributed by atoms with E-state index in [9.17, 15) is 4.79 Å².